The normalized spacial score (nSPS) is 15.9. The molecule has 4 heterocycles. The average Bonchev–Trinajstić information content (AvgIpc) is 3.33. The van der Waals surface area contributed by atoms with Crippen molar-refractivity contribution < 1.29 is 9.59 Å². The number of carbonyl (C=O) groups excluding carboxylic acids is 2. The van der Waals surface area contributed by atoms with E-state index in [-0.39, 0.29) is 17.9 Å². The lowest BCUT2D eigenvalue weighted by Gasteiger charge is -2.32. The Balaban J connectivity index is 1.68. The molecule has 0 fully saturated rings. The van der Waals surface area contributed by atoms with E-state index in [0.29, 0.717) is 33.4 Å². The van der Waals surface area contributed by atoms with Gasteiger partial charge in [0, 0.05) is 25.0 Å². The molecule has 0 aliphatic carbocycles. The highest BCUT2D eigenvalue weighted by Gasteiger charge is 2.34. The predicted molar refractivity (Wildman–Crippen MR) is 102 cm³/mol. The van der Waals surface area contributed by atoms with E-state index >= 15 is 0 Å². The van der Waals surface area contributed by atoms with Gasteiger partial charge in [-0.25, -0.2) is 0 Å². The summed E-state index contributed by atoms with van der Waals surface area (Å²) in [6.07, 6.45) is 4.93. The van der Waals surface area contributed by atoms with Gasteiger partial charge in [0.1, 0.15) is 16.6 Å². The zero-order valence-corrected chi connectivity index (χ0v) is 15.2. The number of nitrogens with zero attached hydrogens (tertiary/aromatic N) is 4. The molecule has 0 radical (unpaired) electrons. The minimum absolute atomic E-state index is 0.00489. The molecule has 0 saturated carbocycles. The zero-order chi connectivity index (χ0) is 19.0. The molecule has 4 rings (SSSR count). The molecule has 0 spiro atoms. The van der Waals surface area contributed by atoms with Crippen molar-refractivity contribution in [2.24, 2.45) is 0 Å². The van der Waals surface area contributed by atoms with E-state index < -0.39 is 0 Å². The van der Waals surface area contributed by atoms with E-state index in [1.165, 1.54) is 11.3 Å². The first kappa shape index (κ1) is 17.0. The number of hydrogen-bond donors (Lipinski definition) is 1. The molecule has 7 nitrogen and oxygen atoms in total. The Bertz CT molecular complexity index is 1060. The van der Waals surface area contributed by atoms with Crippen LogP contribution in [0.5, 0.6) is 0 Å². The molecule has 1 aliphatic rings. The molecule has 1 N–H and O–H groups in total. The van der Waals surface area contributed by atoms with Gasteiger partial charge in [0.15, 0.2) is 0 Å². The molecule has 3 aromatic rings. The van der Waals surface area contributed by atoms with Gasteiger partial charge in [0.25, 0.3) is 11.8 Å². The third-order valence-corrected chi connectivity index (χ3v) is 5.43. The van der Waals surface area contributed by atoms with Crippen LogP contribution in [0.4, 0.5) is 10.7 Å². The van der Waals surface area contributed by atoms with Gasteiger partial charge in [-0.05, 0) is 37.3 Å². The van der Waals surface area contributed by atoms with E-state index in [1.807, 2.05) is 11.5 Å². The number of rotatable bonds is 3. The fourth-order valence-corrected chi connectivity index (χ4v) is 3.96. The Hall–Kier alpha value is -3.44. The van der Waals surface area contributed by atoms with Gasteiger partial charge in [-0.3, -0.25) is 19.5 Å². The van der Waals surface area contributed by atoms with E-state index in [4.69, 9.17) is 5.26 Å². The number of nitrogens with one attached hydrogen (secondary N) is 1. The van der Waals surface area contributed by atoms with Crippen LogP contribution in [0.2, 0.25) is 0 Å². The lowest BCUT2D eigenvalue weighted by Crippen LogP contribution is -2.42. The fourth-order valence-electron chi connectivity index (χ4n) is 3.14. The first-order valence-electron chi connectivity index (χ1n) is 8.32. The van der Waals surface area contributed by atoms with E-state index in [9.17, 15) is 9.59 Å². The molecular weight excluding hydrogens is 362 g/mol. The molecule has 0 aromatic carbocycles. The van der Waals surface area contributed by atoms with Crippen molar-refractivity contribution in [2.75, 3.05) is 16.8 Å². The van der Waals surface area contributed by atoms with Crippen molar-refractivity contribution in [2.45, 2.75) is 13.0 Å². The minimum atomic E-state index is -0.358. The maximum atomic E-state index is 13.1. The molecule has 1 atom stereocenters. The Labute approximate surface area is 159 Å². The van der Waals surface area contributed by atoms with Crippen molar-refractivity contribution in [3.63, 3.8) is 0 Å². The molecule has 1 aliphatic heterocycles. The van der Waals surface area contributed by atoms with E-state index in [0.717, 1.165) is 0 Å². The number of aromatic nitrogens is 2. The second kappa shape index (κ2) is 6.70. The van der Waals surface area contributed by atoms with Gasteiger partial charge in [-0.2, -0.15) is 5.26 Å². The summed E-state index contributed by atoms with van der Waals surface area (Å²) in [5.74, 6) is -0.608. The first-order valence-corrected chi connectivity index (χ1v) is 9.14. The average molecular weight is 377 g/mol. The molecule has 8 heteroatoms. The SMILES string of the molecule is C[C@H]1CN(c2ccc(C#N)s2)C(=O)c2c(C(=O)Nc3cccnc3)ccn21. The summed E-state index contributed by atoms with van der Waals surface area (Å²) in [6, 6.07) is 10.7. The summed E-state index contributed by atoms with van der Waals surface area (Å²) >= 11 is 1.27. The van der Waals surface area contributed by atoms with Gasteiger partial charge in [-0.1, -0.05) is 0 Å². The standard InChI is InChI=1S/C19H15N5O2S/c1-12-11-24(16-5-4-14(9-20)27-16)19(26)17-15(6-8-23(12)17)18(25)22-13-3-2-7-21-10-13/h2-8,10,12H,11H2,1H3,(H,22,25)/t12-/m0/s1. The number of hydrogen-bond acceptors (Lipinski definition) is 5. The molecular formula is C19H15N5O2S. The van der Waals surface area contributed by atoms with Crippen LogP contribution in [0.25, 0.3) is 0 Å². The van der Waals surface area contributed by atoms with E-state index in [2.05, 4.69) is 16.4 Å². The quantitative estimate of drug-likeness (QED) is 0.758. The number of carbonyl (C=O) groups is 2. The van der Waals surface area contributed by atoms with Crippen molar-refractivity contribution in [1.29, 1.82) is 5.26 Å². The maximum Gasteiger partial charge on any atom is 0.276 e. The summed E-state index contributed by atoms with van der Waals surface area (Å²) in [6.45, 7) is 2.47. The Kier molecular flexibility index (Phi) is 4.22. The number of nitriles is 1. The van der Waals surface area contributed by atoms with Crippen LogP contribution in [0.1, 0.15) is 38.7 Å². The summed E-state index contributed by atoms with van der Waals surface area (Å²) in [5.41, 5.74) is 1.23. The molecule has 134 valence electrons. The van der Waals surface area contributed by atoms with Crippen molar-refractivity contribution >= 4 is 33.8 Å². The Morgan fingerprint density at radius 3 is 2.93 bits per heavy atom. The lowest BCUT2D eigenvalue weighted by atomic mass is 10.1. The smallest absolute Gasteiger partial charge is 0.276 e. The highest BCUT2D eigenvalue weighted by molar-refractivity contribution is 7.16. The largest absolute Gasteiger partial charge is 0.338 e. The van der Waals surface area contributed by atoms with Gasteiger partial charge >= 0.3 is 0 Å². The summed E-state index contributed by atoms with van der Waals surface area (Å²) in [7, 11) is 0. The number of anilines is 2. The third kappa shape index (κ3) is 2.98. The van der Waals surface area contributed by atoms with Crippen molar-refractivity contribution in [1.82, 2.24) is 9.55 Å². The second-order valence-corrected chi connectivity index (χ2v) is 7.26. The van der Waals surface area contributed by atoms with Crippen LogP contribution in [-0.2, 0) is 0 Å². The van der Waals surface area contributed by atoms with Crippen molar-refractivity contribution in [3.8, 4) is 6.07 Å². The molecule has 0 unspecified atom stereocenters. The van der Waals surface area contributed by atoms with Gasteiger partial charge < -0.3 is 9.88 Å². The third-order valence-electron chi connectivity index (χ3n) is 4.42. The molecule has 0 bridgehead atoms. The molecule has 3 aromatic heterocycles. The van der Waals surface area contributed by atoms with Crippen LogP contribution < -0.4 is 10.2 Å². The van der Waals surface area contributed by atoms with Gasteiger partial charge in [-0.15, -0.1) is 11.3 Å². The minimum Gasteiger partial charge on any atom is -0.338 e. The van der Waals surface area contributed by atoms with Crippen LogP contribution in [0, 0.1) is 11.3 Å². The zero-order valence-electron chi connectivity index (χ0n) is 14.4. The number of fused-ring (bicyclic) bond motifs is 1. The Morgan fingerprint density at radius 2 is 2.22 bits per heavy atom. The van der Waals surface area contributed by atoms with Crippen LogP contribution in [0.15, 0.2) is 48.9 Å². The van der Waals surface area contributed by atoms with Gasteiger partial charge in [0.2, 0.25) is 0 Å². The molecule has 27 heavy (non-hydrogen) atoms. The summed E-state index contributed by atoms with van der Waals surface area (Å²) in [5, 5.41) is 12.5. The predicted octanol–water partition coefficient (Wildman–Crippen LogP) is 3.29. The lowest BCUT2D eigenvalue weighted by molar-refractivity contribution is 0.0943. The fraction of sp³-hybridized carbons (Fsp3) is 0.158. The Morgan fingerprint density at radius 1 is 1.37 bits per heavy atom. The topological polar surface area (TPSA) is 91.0 Å². The van der Waals surface area contributed by atoms with Crippen LogP contribution in [-0.4, -0.2) is 27.9 Å². The highest BCUT2D eigenvalue weighted by Crippen LogP contribution is 2.33. The van der Waals surface area contributed by atoms with E-state index in [1.54, 1.807) is 53.8 Å². The number of amides is 2. The van der Waals surface area contributed by atoms with Gasteiger partial charge in [0.05, 0.1) is 22.4 Å². The molecule has 0 saturated heterocycles. The van der Waals surface area contributed by atoms with Crippen molar-refractivity contribution in [3.05, 3.63) is 65.1 Å². The number of thiophene rings is 1. The first-order chi connectivity index (χ1) is 13.1. The van der Waals surface area contributed by atoms with Crippen LogP contribution in [0.3, 0.4) is 0 Å². The molecule has 2 amide bonds. The maximum absolute atomic E-state index is 13.1. The second-order valence-electron chi connectivity index (χ2n) is 6.20. The monoisotopic (exact) mass is 377 g/mol. The number of pyridine rings is 1. The highest BCUT2D eigenvalue weighted by atomic mass is 32.1. The summed E-state index contributed by atoms with van der Waals surface area (Å²) < 4.78 is 1.83. The summed E-state index contributed by atoms with van der Waals surface area (Å²) in [4.78, 5) is 32.0. The van der Waals surface area contributed by atoms with Crippen LogP contribution >= 0.6 is 11.3 Å².